The predicted octanol–water partition coefficient (Wildman–Crippen LogP) is 4.56. The van der Waals surface area contributed by atoms with Gasteiger partial charge >= 0.3 is 0 Å². The molecule has 0 aliphatic heterocycles. The highest BCUT2D eigenvalue weighted by Gasteiger charge is 2.20. The van der Waals surface area contributed by atoms with E-state index in [2.05, 4.69) is 16.9 Å². The molecule has 2 heterocycles. The summed E-state index contributed by atoms with van der Waals surface area (Å²) in [6, 6.07) is 5.74. The van der Waals surface area contributed by atoms with E-state index >= 15 is 0 Å². The van der Waals surface area contributed by atoms with Crippen LogP contribution in [0.3, 0.4) is 0 Å². The number of fused-ring (bicyclic) bond motifs is 1. The quantitative estimate of drug-likeness (QED) is 0.358. The second-order valence-electron chi connectivity index (χ2n) is 5.61. The van der Waals surface area contributed by atoms with E-state index in [9.17, 15) is 14.0 Å². The molecule has 1 N–H and O–H groups in total. The van der Waals surface area contributed by atoms with E-state index in [0.717, 1.165) is 17.8 Å². The lowest BCUT2D eigenvalue weighted by molar-refractivity contribution is -0.115. The van der Waals surface area contributed by atoms with Crippen LogP contribution in [-0.4, -0.2) is 20.7 Å². The third-order valence-electron chi connectivity index (χ3n) is 3.70. The van der Waals surface area contributed by atoms with Gasteiger partial charge in [-0.25, -0.2) is 9.37 Å². The third kappa shape index (κ3) is 4.23. The highest BCUT2D eigenvalue weighted by Crippen LogP contribution is 2.26. The van der Waals surface area contributed by atoms with Gasteiger partial charge in [-0.3, -0.25) is 14.2 Å². The third-order valence-corrected chi connectivity index (χ3v) is 5.83. The van der Waals surface area contributed by atoms with Gasteiger partial charge in [-0.15, -0.1) is 17.9 Å². The van der Waals surface area contributed by atoms with Crippen LogP contribution in [0.25, 0.3) is 10.2 Å². The minimum absolute atomic E-state index is 0.0435. The van der Waals surface area contributed by atoms with Crippen LogP contribution in [0.2, 0.25) is 5.02 Å². The monoisotopic (exact) mass is 423 g/mol. The largest absolute Gasteiger partial charge is 0.323 e. The lowest BCUT2D eigenvalue weighted by atomic mass is 10.3. The Kier molecular flexibility index (Phi) is 5.98. The zero-order valence-corrected chi connectivity index (χ0v) is 16.6. The predicted molar refractivity (Wildman–Crippen MR) is 109 cm³/mol. The molecule has 0 aliphatic rings. The van der Waals surface area contributed by atoms with Crippen molar-refractivity contribution in [2.75, 3.05) is 5.32 Å². The Morgan fingerprint density at radius 1 is 1.52 bits per heavy atom. The maximum absolute atomic E-state index is 13.9. The molecular formula is C18H15ClFN3O2S2. The number of rotatable bonds is 6. The average molecular weight is 424 g/mol. The number of allylic oxidation sites excluding steroid dienone is 1. The lowest BCUT2D eigenvalue weighted by Crippen LogP contribution is -2.26. The number of aromatic nitrogens is 2. The van der Waals surface area contributed by atoms with Crippen molar-refractivity contribution in [3.8, 4) is 0 Å². The Morgan fingerprint density at radius 3 is 3.00 bits per heavy atom. The van der Waals surface area contributed by atoms with Gasteiger partial charge in [0, 0.05) is 11.6 Å². The van der Waals surface area contributed by atoms with Gasteiger partial charge in [0.2, 0.25) is 5.91 Å². The number of halogens is 2. The Balaban J connectivity index is 1.85. The number of hydrogen-bond acceptors (Lipinski definition) is 5. The molecule has 5 nitrogen and oxygen atoms in total. The zero-order valence-electron chi connectivity index (χ0n) is 14.2. The molecule has 0 radical (unpaired) electrons. The maximum atomic E-state index is 13.9. The molecule has 0 spiro atoms. The molecule has 0 aliphatic carbocycles. The van der Waals surface area contributed by atoms with E-state index in [4.69, 9.17) is 11.6 Å². The summed E-state index contributed by atoms with van der Waals surface area (Å²) in [6.07, 6.45) is 1.60. The van der Waals surface area contributed by atoms with Crippen LogP contribution in [0, 0.1) is 5.82 Å². The second kappa shape index (κ2) is 8.24. The first kappa shape index (κ1) is 19.6. The molecule has 0 saturated carbocycles. The molecule has 9 heteroatoms. The summed E-state index contributed by atoms with van der Waals surface area (Å²) in [6.45, 7) is 5.61. The van der Waals surface area contributed by atoms with Gasteiger partial charge < -0.3 is 5.32 Å². The van der Waals surface area contributed by atoms with E-state index in [1.165, 1.54) is 28.0 Å². The van der Waals surface area contributed by atoms with Gasteiger partial charge in [-0.2, -0.15) is 0 Å². The second-order valence-corrected chi connectivity index (χ2v) is 8.25. The molecule has 0 fully saturated rings. The Morgan fingerprint density at radius 2 is 2.30 bits per heavy atom. The Labute approximate surface area is 167 Å². The smallest absolute Gasteiger partial charge is 0.263 e. The molecule has 2 aromatic heterocycles. The molecule has 0 bridgehead atoms. The summed E-state index contributed by atoms with van der Waals surface area (Å²) in [7, 11) is 0. The van der Waals surface area contributed by atoms with Crippen LogP contribution in [0.5, 0.6) is 0 Å². The molecule has 1 unspecified atom stereocenters. The van der Waals surface area contributed by atoms with Crippen molar-refractivity contribution >= 4 is 56.5 Å². The summed E-state index contributed by atoms with van der Waals surface area (Å²) in [5, 5.41) is 4.91. The average Bonchev–Trinajstić information content (AvgIpc) is 3.09. The van der Waals surface area contributed by atoms with Crippen LogP contribution < -0.4 is 10.9 Å². The SMILES string of the molecule is C=CCn1c(SC(C)C(=O)Nc2ccc(Cl)cc2F)nc2sccc2c1=O. The van der Waals surface area contributed by atoms with Crippen molar-refractivity contribution in [1.29, 1.82) is 0 Å². The van der Waals surface area contributed by atoms with Crippen LogP contribution in [0.15, 0.2) is 52.3 Å². The highest BCUT2D eigenvalue weighted by molar-refractivity contribution is 8.00. The number of thiophene rings is 1. The fourth-order valence-electron chi connectivity index (χ4n) is 2.35. The zero-order chi connectivity index (χ0) is 19.6. The first-order valence-corrected chi connectivity index (χ1v) is 10.1. The van der Waals surface area contributed by atoms with Crippen molar-refractivity contribution in [1.82, 2.24) is 9.55 Å². The van der Waals surface area contributed by atoms with E-state index in [0.29, 0.717) is 15.4 Å². The number of benzene rings is 1. The number of nitrogens with one attached hydrogen (secondary N) is 1. The fraction of sp³-hybridized carbons (Fsp3) is 0.167. The van der Waals surface area contributed by atoms with Crippen LogP contribution in [0.1, 0.15) is 6.92 Å². The summed E-state index contributed by atoms with van der Waals surface area (Å²) >= 11 is 8.21. The number of anilines is 1. The number of hydrogen-bond donors (Lipinski definition) is 1. The topological polar surface area (TPSA) is 64.0 Å². The molecule has 3 rings (SSSR count). The fourth-order valence-corrected chi connectivity index (χ4v) is 4.23. The summed E-state index contributed by atoms with van der Waals surface area (Å²) in [5.74, 6) is -1.03. The van der Waals surface area contributed by atoms with Gasteiger partial charge in [-0.1, -0.05) is 29.4 Å². The van der Waals surface area contributed by atoms with Crippen molar-refractivity contribution in [2.24, 2.45) is 0 Å². The molecule has 0 saturated heterocycles. The Hall–Kier alpha value is -2.16. The molecule has 27 heavy (non-hydrogen) atoms. The molecule has 1 aromatic carbocycles. The van der Waals surface area contributed by atoms with Gasteiger partial charge in [0.25, 0.3) is 5.56 Å². The van der Waals surface area contributed by atoms with E-state index in [-0.39, 0.29) is 22.8 Å². The van der Waals surface area contributed by atoms with Crippen molar-refractivity contribution in [3.63, 3.8) is 0 Å². The number of amides is 1. The molecule has 140 valence electrons. The molecule has 1 atom stereocenters. The Bertz CT molecular complexity index is 1080. The van der Waals surface area contributed by atoms with Gasteiger partial charge in [0.1, 0.15) is 10.6 Å². The van der Waals surface area contributed by atoms with Crippen LogP contribution in [0.4, 0.5) is 10.1 Å². The molecule has 1 amide bonds. The molecule has 3 aromatic rings. The maximum Gasteiger partial charge on any atom is 0.263 e. The van der Waals surface area contributed by atoms with Crippen LogP contribution >= 0.6 is 34.7 Å². The summed E-state index contributed by atoms with van der Waals surface area (Å²) in [4.78, 5) is 30.2. The number of carbonyl (C=O) groups is 1. The normalized spacial score (nSPS) is 12.1. The van der Waals surface area contributed by atoms with Crippen molar-refractivity contribution in [3.05, 3.63) is 63.5 Å². The number of thioether (sulfide) groups is 1. The number of carbonyl (C=O) groups excluding carboxylic acids is 1. The first-order chi connectivity index (χ1) is 12.9. The van der Waals surface area contributed by atoms with Gasteiger partial charge in [0.15, 0.2) is 5.16 Å². The highest BCUT2D eigenvalue weighted by atomic mass is 35.5. The minimum atomic E-state index is -0.616. The first-order valence-electron chi connectivity index (χ1n) is 7.92. The van der Waals surface area contributed by atoms with E-state index in [1.807, 2.05) is 0 Å². The van der Waals surface area contributed by atoms with E-state index in [1.54, 1.807) is 24.4 Å². The van der Waals surface area contributed by atoms with Crippen LogP contribution in [-0.2, 0) is 11.3 Å². The summed E-state index contributed by atoms with van der Waals surface area (Å²) < 4.78 is 15.4. The standard InChI is InChI=1S/C18H15ClFN3O2S2/c1-3-7-23-17(25)12-6-8-26-16(12)22-18(23)27-10(2)15(24)21-14-5-4-11(19)9-13(14)20/h3-6,8-10H,1,7H2,2H3,(H,21,24). The van der Waals surface area contributed by atoms with Gasteiger partial charge in [-0.05, 0) is 36.6 Å². The summed E-state index contributed by atoms with van der Waals surface area (Å²) in [5.41, 5.74) is -0.137. The van der Waals surface area contributed by atoms with Crippen molar-refractivity contribution < 1.29 is 9.18 Å². The van der Waals surface area contributed by atoms with Gasteiger partial charge in [0.05, 0.1) is 16.3 Å². The van der Waals surface area contributed by atoms with E-state index < -0.39 is 17.0 Å². The minimum Gasteiger partial charge on any atom is -0.323 e. The van der Waals surface area contributed by atoms with Crippen molar-refractivity contribution in [2.45, 2.75) is 23.9 Å². The lowest BCUT2D eigenvalue weighted by Gasteiger charge is -2.15. The number of nitrogens with zero attached hydrogens (tertiary/aromatic N) is 2. The molecular weight excluding hydrogens is 409 g/mol.